The Morgan fingerprint density at radius 1 is 0.905 bits per heavy atom. The van der Waals surface area contributed by atoms with Gasteiger partial charge < -0.3 is 10.6 Å². The molecule has 2 rings (SSSR count). The zero-order chi connectivity index (χ0) is 15.6. The molecule has 0 aromatic heterocycles. The van der Waals surface area contributed by atoms with E-state index >= 15 is 0 Å². The van der Waals surface area contributed by atoms with Crippen LogP contribution in [0.3, 0.4) is 0 Å². The van der Waals surface area contributed by atoms with Crippen LogP contribution in [-0.2, 0) is 11.8 Å². The number of nitrogens with zero attached hydrogens (tertiary/aromatic N) is 1. The Morgan fingerprint density at radius 3 is 1.95 bits per heavy atom. The summed E-state index contributed by atoms with van der Waals surface area (Å²) in [4.78, 5) is 2.04. The van der Waals surface area contributed by atoms with Crippen LogP contribution in [0.4, 0.5) is 11.4 Å². The highest BCUT2D eigenvalue weighted by Gasteiger charge is 2.12. The molecule has 0 bridgehead atoms. The van der Waals surface area contributed by atoms with Gasteiger partial charge in [0.2, 0.25) is 0 Å². The number of rotatable bonds is 3. The highest BCUT2D eigenvalue weighted by atomic mass is 15.1. The Balaban J connectivity index is 2.17. The Kier molecular flexibility index (Phi) is 4.26. The molecule has 0 amide bonds. The Bertz CT molecular complexity index is 604. The minimum Gasteiger partial charge on any atom is -0.397 e. The monoisotopic (exact) mass is 282 g/mol. The van der Waals surface area contributed by atoms with Crippen molar-refractivity contribution in [1.29, 1.82) is 0 Å². The molecule has 2 heteroatoms. The van der Waals surface area contributed by atoms with Crippen LogP contribution in [0.15, 0.2) is 42.5 Å². The molecule has 112 valence electrons. The van der Waals surface area contributed by atoms with E-state index in [0.29, 0.717) is 0 Å². The number of nitrogen functional groups attached to an aromatic ring is 1. The Hall–Kier alpha value is -1.96. The van der Waals surface area contributed by atoms with Crippen LogP contribution in [0.25, 0.3) is 0 Å². The maximum Gasteiger partial charge on any atom is 0.0594 e. The molecule has 2 N–H and O–H groups in total. The molecule has 21 heavy (non-hydrogen) atoms. The number of benzene rings is 2. The molecule has 0 heterocycles. The normalized spacial score (nSPS) is 11.5. The van der Waals surface area contributed by atoms with Crippen LogP contribution in [0.1, 0.15) is 37.5 Å². The van der Waals surface area contributed by atoms with Crippen molar-refractivity contribution in [3.05, 3.63) is 59.2 Å². The van der Waals surface area contributed by atoms with E-state index in [4.69, 9.17) is 5.73 Å². The lowest BCUT2D eigenvalue weighted by Crippen LogP contribution is -2.11. The lowest BCUT2D eigenvalue weighted by atomic mass is 9.86. The van der Waals surface area contributed by atoms with E-state index in [2.05, 4.69) is 63.2 Å². The molecule has 0 aliphatic rings. The molecule has 0 radical (unpaired) electrons. The number of hydrogen-bond acceptors (Lipinski definition) is 2. The minimum atomic E-state index is 0.205. The third-order valence-corrected chi connectivity index (χ3v) is 3.80. The van der Waals surface area contributed by atoms with E-state index in [1.54, 1.807) is 0 Å². The summed E-state index contributed by atoms with van der Waals surface area (Å²) in [6.45, 7) is 6.72. The standard InChI is InChI=1S/C19H26N2/c1-19(2,3)16-9-6-14(7-10-16)12-15-8-11-18(21(4)5)17(20)13-15/h6-11,13H,12,20H2,1-5H3. The zero-order valence-electron chi connectivity index (χ0n) is 13.8. The van der Waals surface area contributed by atoms with Gasteiger partial charge in [-0.15, -0.1) is 0 Å². The summed E-state index contributed by atoms with van der Waals surface area (Å²) in [6, 6.07) is 15.2. The SMILES string of the molecule is CN(C)c1ccc(Cc2ccc(C(C)(C)C)cc2)cc1N. The van der Waals surface area contributed by atoms with Crippen molar-refractivity contribution in [2.45, 2.75) is 32.6 Å². The third kappa shape index (κ3) is 3.78. The summed E-state index contributed by atoms with van der Waals surface area (Å²) in [5.41, 5.74) is 12.2. The second-order valence-electron chi connectivity index (χ2n) is 6.91. The molecule has 2 aromatic rings. The molecular formula is C19H26N2. The predicted octanol–water partition coefficient (Wildman–Crippen LogP) is 4.22. The van der Waals surface area contributed by atoms with E-state index in [0.717, 1.165) is 17.8 Å². The van der Waals surface area contributed by atoms with Gasteiger partial charge in [0, 0.05) is 14.1 Å². The fraction of sp³-hybridized carbons (Fsp3) is 0.368. The van der Waals surface area contributed by atoms with Crippen LogP contribution in [-0.4, -0.2) is 14.1 Å². The molecule has 0 aliphatic carbocycles. The maximum absolute atomic E-state index is 6.12. The smallest absolute Gasteiger partial charge is 0.0594 e. The van der Waals surface area contributed by atoms with Gasteiger partial charge in [-0.2, -0.15) is 0 Å². The van der Waals surface area contributed by atoms with Gasteiger partial charge in [0.05, 0.1) is 11.4 Å². The van der Waals surface area contributed by atoms with Crippen molar-refractivity contribution in [2.75, 3.05) is 24.7 Å². The highest BCUT2D eigenvalue weighted by molar-refractivity contribution is 5.68. The lowest BCUT2D eigenvalue weighted by Gasteiger charge is -2.19. The topological polar surface area (TPSA) is 29.3 Å². The van der Waals surface area contributed by atoms with Crippen LogP contribution in [0.5, 0.6) is 0 Å². The first kappa shape index (κ1) is 15.4. The minimum absolute atomic E-state index is 0.205. The van der Waals surface area contributed by atoms with E-state index < -0.39 is 0 Å². The van der Waals surface area contributed by atoms with Gasteiger partial charge in [0.25, 0.3) is 0 Å². The van der Waals surface area contributed by atoms with Crippen LogP contribution >= 0.6 is 0 Å². The van der Waals surface area contributed by atoms with E-state index in [-0.39, 0.29) is 5.41 Å². The Labute approximate surface area is 128 Å². The molecule has 0 spiro atoms. The molecule has 0 unspecified atom stereocenters. The summed E-state index contributed by atoms with van der Waals surface area (Å²) >= 11 is 0. The van der Waals surface area contributed by atoms with Crippen molar-refractivity contribution in [1.82, 2.24) is 0 Å². The number of anilines is 2. The van der Waals surface area contributed by atoms with Crippen LogP contribution in [0, 0.1) is 0 Å². The third-order valence-electron chi connectivity index (χ3n) is 3.80. The quantitative estimate of drug-likeness (QED) is 0.854. The summed E-state index contributed by atoms with van der Waals surface area (Å²) < 4.78 is 0. The second-order valence-corrected chi connectivity index (χ2v) is 6.91. The fourth-order valence-electron chi connectivity index (χ4n) is 2.48. The second kappa shape index (κ2) is 5.80. The van der Waals surface area contributed by atoms with E-state index in [1.165, 1.54) is 16.7 Å². The average molecular weight is 282 g/mol. The van der Waals surface area contributed by atoms with Gasteiger partial charge in [-0.05, 0) is 40.7 Å². The van der Waals surface area contributed by atoms with Crippen molar-refractivity contribution < 1.29 is 0 Å². The molecule has 0 atom stereocenters. The highest BCUT2D eigenvalue weighted by Crippen LogP contribution is 2.25. The predicted molar refractivity (Wildman–Crippen MR) is 93.1 cm³/mol. The average Bonchev–Trinajstić information content (AvgIpc) is 2.38. The van der Waals surface area contributed by atoms with E-state index in [1.807, 2.05) is 19.0 Å². The summed E-state index contributed by atoms with van der Waals surface area (Å²) in [5.74, 6) is 0. The molecule has 0 aliphatic heterocycles. The number of hydrogen-bond donors (Lipinski definition) is 1. The number of nitrogens with two attached hydrogens (primary N) is 1. The summed E-state index contributed by atoms with van der Waals surface area (Å²) in [6.07, 6.45) is 0.919. The first-order valence-corrected chi connectivity index (χ1v) is 7.42. The van der Waals surface area contributed by atoms with Crippen molar-refractivity contribution in [3.8, 4) is 0 Å². The molecule has 0 saturated carbocycles. The maximum atomic E-state index is 6.12. The summed E-state index contributed by atoms with van der Waals surface area (Å²) in [5, 5.41) is 0. The van der Waals surface area contributed by atoms with Crippen molar-refractivity contribution in [3.63, 3.8) is 0 Å². The van der Waals surface area contributed by atoms with Crippen molar-refractivity contribution in [2.24, 2.45) is 0 Å². The molecule has 0 saturated heterocycles. The molecule has 0 fully saturated rings. The van der Waals surface area contributed by atoms with E-state index in [9.17, 15) is 0 Å². The van der Waals surface area contributed by atoms with Crippen LogP contribution < -0.4 is 10.6 Å². The first-order chi connectivity index (χ1) is 9.77. The van der Waals surface area contributed by atoms with Gasteiger partial charge in [0.1, 0.15) is 0 Å². The zero-order valence-corrected chi connectivity index (χ0v) is 13.8. The van der Waals surface area contributed by atoms with Crippen molar-refractivity contribution >= 4 is 11.4 Å². The van der Waals surface area contributed by atoms with Crippen LogP contribution in [0.2, 0.25) is 0 Å². The lowest BCUT2D eigenvalue weighted by molar-refractivity contribution is 0.590. The van der Waals surface area contributed by atoms with Gasteiger partial charge in [-0.1, -0.05) is 51.1 Å². The van der Waals surface area contributed by atoms with Gasteiger partial charge in [-0.3, -0.25) is 0 Å². The molecular weight excluding hydrogens is 256 g/mol. The first-order valence-electron chi connectivity index (χ1n) is 7.42. The van der Waals surface area contributed by atoms with Gasteiger partial charge in [-0.25, -0.2) is 0 Å². The fourth-order valence-corrected chi connectivity index (χ4v) is 2.48. The van der Waals surface area contributed by atoms with Gasteiger partial charge in [0.15, 0.2) is 0 Å². The van der Waals surface area contributed by atoms with Gasteiger partial charge >= 0.3 is 0 Å². The molecule has 2 nitrogen and oxygen atoms in total. The molecule has 2 aromatic carbocycles. The Morgan fingerprint density at radius 2 is 1.48 bits per heavy atom. The largest absolute Gasteiger partial charge is 0.397 e. The summed E-state index contributed by atoms with van der Waals surface area (Å²) in [7, 11) is 4.02.